The SMILES string of the molecule is CCCNCC(C)CN1CCOCC1C. The largest absolute Gasteiger partial charge is 0.379 e. The van der Waals surface area contributed by atoms with Crippen molar-refractivity contribution in [3.63, 3.8) is 0 Å². The highest BCUT2D eigenvalue weighted by molar-refractivity contribution is 4.73. The number of nitrogens with one attached hydrogen (secondary N) is 1. The van der Waals surface area contributed by atoms with Crippen LogP contribution in [0.5, 0.6) is 0 Å². The van der Waals surface area contributed by atoms with E-state index in [0.29, 0.717) is 6.04 Å². The summed E-state index contributed by atoms with van der Waals surface area (Å²) in [6.07, 6.45) is 1.22. The van der Waals surface area contributed by atoms with E-state index in [0.717, 1.165) is 38.8 Å². The van der Waals surface area contributed by atoms with Gasteiger partial charge in [0.15, 0.2) is 0 Å². The van der Waals surface area contributed by atoms with Gasteiger partial charge >= 0.3 is 0 Å². The topological polar surface area (TPSA) is 24.5 Å². The standard InChI is InChI=1S/C12H26N2O/c1-4-5-13-8-11(2)9-14-6-7-15-10-12(14)3/h11-13H,4-10H2,1-3H3. The Morgan fingerprint density at radius 1 is 1.53 bits per heavy atom. The van der Waals surface area contributed by atoms with Crippen LogP contribution in [0.2, 0.25) is 0 Å². The summed E-state index contributed by atoms with van der Waals surface area (Å²) < 4.78 is 5.43. The lowest BCUT2D eigenvalue weighted by atomic mass is 10.1. The van der Waals surface area contributed by atoms with Gasteiger partial charge in [0, 0.05) is 19.1 Å². The number of nitrogens with zero attached hydrogens (tertiary/aromatic N) is 1. The van der Waals surface area contributed by atoms with E-state index in [2.05, 4.69) is 31.0 Å². The van der Waals surface area contributed by atoms with Crippen molar-refractivity contribution in [2.24, 2.45) is 5.92 Å². The molecule has 90 valence electrons. The maximum absolute atomic E-state index is 5.43. The molecule has 0 bridgehead atoms. The number of hydrogen-bond acceptors (Lipinski definition) is 3. The fourth-order valence-electron chi connectivity index (χ4n) is 2.02. The van der Waals surface area contributed by atoms with Gasteiger partial charge in [-0.1, -0.05) is 13.8 Å². The van der Waals surface area contributed by atoms with Gasteiger partial charge in [-0.25, -0.2) is 0 Å². The van der Waals surface area contributed by atoms with E-state index in [1.165, 1.54) is 13.0 Å². The van der Waals surface area contributed by atoms with E-state index in [1.54, 1.807) is 0 Å². The van der Waals surface area contributed by atoms with Crippen LogP contribution in [-0.4, -0.2) is 50.3 Å². The second-order valence-electron chi connectivity index (χ2n) is 4.73. The molecule has 15 heavy (non-hydrogen) atoms. The Hall–Kier alpha value is -0.120. The third-order valence-corrected chi connectivity index (χ3v) is 2.97. The summed E-state index contributed by atoms with van der Waals surface area (Å²) in [5.74, 6) is 0.733. The molecule has 3 heteroatoms. The smallest absolute Gasteiger partial charge is 0.0619 e. The van der Waals surface area contributed by atoms with Crippen LogP contribution in [0.1, 0.15) is 27.2 Å². The molecule has 1 rings (SSSR count). The molecule has 1 N–H and O–H groups in total. The van der Waals surface area contributed by atoms with Crippen LogP contribution in [0.15, 0.2) is 0 Å². The van der Waals surface area contributed by atoms with Gasteiger partial charge in [0.05, 0.1) is 13.2 Å². The van der Waals surface area contributed by atoms with Crippen molar-refractivity contribution in [1.82, 2.24) is 10.2 Å². The summed E-state index contributed by atoms with van der Waals surface area (Å²) in [7, 11) is 0. The van der Waals surface area contributed by atoms with Gasteiger partial charge in [-0.05, 0) is 32.4 Å². The monoisotopic (exact) mass is 214 g/mol. The van der Waals surface area contributed by atoms with E-state index in [1.807, 2.05) is 0 Å². The summed E-state index contributed by atoms with van der Waals surface area (Å²) in [5, 5.41) is 3.48. The van der Waals surface area contributed by atoms with E-state index < -0.39 is 0 Å². The first-order valence-electron chi connectivity index (χ1n) is 6.26. The minimum absolute atomic E-state index is 0.590. The highest BCUT2D eigenvalue weighted by Gasteiger charge is 2.19. The Balaban J connectivity index is 2.15. The summed E-state index contributed by atoms with van der Waals surface area (Å²) in [6.45, 7) is 13.2. The molecule has 1 heterocycles. The molecule has 1 aliphatic rings. The van der Waals surface area contributed by atoms with E-state index >= 15 is 0 Å². The average molecular weight is 214 g/mol. The Kier molecular flexibility index (Phi) is 6.22. The minimum Gasteiger partial charge on any atom is -0.379 e. The molecule has 1 aliphatic heterocycles. The van der Waals surface area contributed by atoms with Crippen molar-refractivity contribution in [1.29, 1.82) is 0 Å². The molecule has 0 aromatic carbocycles. The summed E-state index contributed by atoms with van der Waals surface area (Å²) >= 11 is 0. The number of hydrogen-bond donors (Lipinski definition) is 1. The first-order valence-corrected chi connectivity index (χ1v) is 6.26. The molecule has 0 aromatic heterocycles. The Morgan fingerprint density at radius 3 is 3.00 bits per heavy atom. The van der Waals surface area contributed by atoms with Gasteiger partial charge in [-0.15, -0.1) is 0 Å². The highest BCUT2D eigenvalue weighted by atomic mass is 16.5. The number of rotatable bonds is 6. The highest BCUT2D eigenvalue weighted by Crippen LogP contribution is 2.08. The van der Waals surface area contributed by atoms with Crippen LogP contribution < -0.4 is 5.32 Å². The first-order chi connectivity index (χ1) is 7.24. The molecule has 0 amide bonds. The molecule has 0 aromatic rings. The van der Waals surface area contributed by atoms with Crippen molar-refractivity contribution in [3.05, 3.63) is 0 Å². The summed E-state index contributed by atoms with van der Waals surface area (Å²) in [6, 6.07) is 0.590. The normalized spacial score (nSPS) is 25.4. The third-order valence-electron chi connectivity index (χ3n) is 2.97. The zero-order valence-electron chi connectivity index (χ0n) is 10.5. The van der Waals surface area contributed by atoms with Crippen molar-refractivity contribution < 1.29 is 4.74 Å². The Morgan fingerprint density at radius 2 is 2.33 bits per heavy atom. The van der Waals surface area contributed by atoms with Gasteiger partial charge in [-0.2, -0.15) is 0 Å². The number of morpholine rings is 1. The zero-order chi connectivity index (χ0) is 11.1. The van der Waals surface area contributed by atoms with Crippen LogP contribution in [-0.2, 0) is 4.74 Å². The zero-order valence-corrected chi connectivity index (χ0v) is 10.5. The quantitative estimate of drug-likeness (QED) is 0.675. The lowest BCUT2D eigenvalue weighted by Gasteiger charge is -2.35. The number of ether oxygens (including phenoxy) is 1. The average Bonchev–Trinajstić information content (AvgIpc) is 2.22. The molecule has 0 spiro atoms. The molecule has 0 aliphatic carbocycles. The van der Waals surface area contributed by atoms with Crippen LogP contribution >= 0.6 is 0 Å². The van der Waals surface area contributed by atoms with E-state index in [4.69, 9.17) is 4.74 Å². The van der Waals surface area contributed by atoms with E-state index in [9.17, 15) is 0 Å². The summed E-state index contributed by atoms with van der Waals surface area (Å²) in [5.41, 5.74) is 0. The third kappa shape index (κ3) is 4.96. The molecule has 3 nitrogen and oxygen atoms in total. The first kappa shape index (κ1) is 12.9. The lowest BCUT2D eigenvalue weighted by molar-refractivity contribution is -0.00609. The van der Waals surface area contributed by atoms with Crippen LogP contribution in [0, 0.1) is 5.92 Å². The predicted octanol–water partition coefficient (Wildman–Crippen LogP) is 1.34. The molecule has 0 radical (unpaired) electrons. The molecular formula is C12H26N2O. The second kappa shape index (κ2) is 7.20. The maximum Gasteiger partial charge on any atom is 0.0619 e. The van der Waals surface area contributed by atoms with Crippen molar-refractivity contribution in [3.8, 4) is 0 Å². The molecule has 1 fully saturated rings. The lowest BCUT2D eigenvalue weighted by Crippen LogP contribution is -2.46. The van der Waals surface area contributed by atoms with Gasteiger partial charge in [0.25, 0.3) is 0 Å². The van der Waals surface area contributed by atoms with Gasteiger partial charge in [-0.3, -0.25) is 4.90 Å². The van der Waals surface area contributed by atoms with Crippen LogP contribution in [0.3, 0.4) is 0 Å². The fraction of sp³-hybridized carbons (Fsp3) is 1.00. The van der Waals surface area contributed by atoms with Gasteiger partial charge < -0.3 is 10.1 Å². The minimum atomic E-state index is 0.590. The Bertz CT molecular complexity index is 164. The Labute approximate surface area is 94.2 Å². The molecule has 2 unspecified atom stereocenters. The molecular weight excluding hydrogens is 188 g/mol. The molecule has 2 atom stereocenters. The van der Waals surface area contributed by atoms with Gasteiger partial charge in [0.1, 0.15) is 0 Å². The summed E-state index contributed by atoms with van der Waals surface area (Å²) in [4.78, 5) is 2.54. The maximum atomic E-state index is 5.43. The molecule has 1 saturated heterocycles. The van der Waals surface area contributed by atoms with Crippen LogP contribution in [0.25, 0.3) is 0 Å². The van der Waals surface area contributed by atoms with Gasteiger partial charge in [0.2, 0.25) is 0 Å². The second-order valence-corrected chi connectivity index (χ2v) is 4.73. The van der Waals surface area contributed by atoms with Crippen molar-refractivity contribution >= 4 is 0 Å². The predicted molar refractivity (Wildman–Crippen MR) is 64.2 cm³/mol. The van der Waals surface area contributed by atoms with Crippen molar-refractivity contribution in [2.45, 2.75) is 33.2 Å². The molecule has 0 saturated carbocycles. The van der Waals surface area contributed by atoms with Crippen LogP contribution in [0.4, 0.5) is 0 Å². The fourth-order valence-corrected chi connectivity index (χ4v) is 2.02. The van der Waals surface area contributed by atoms with E-state index in [-0.39, 0.29) is 0 Å². The van der Waals surface area contributed by atoms with Crippen molar-refractivity contribution in [2.75, 3.05) is 39.4 Å².